The van der Waals surface area contributed by atoms with Gasteiger partial charge in [0.2, 0.25) is 0 Å². The molecule has 2 heterocycles. The number of hydrogen-bond donors (Lipinski definition) is 2. The normalized spacial score (nSPS) is 10.6. The average molecular weight is 350 g/mol. The fraction of sp³-hybridized carbons (Fsp3) is 0.250. The molecule has 26 heavy (non-hydrogen) atoms. The van der Waals surface area contributed by atoms with Crippen molar-refractivity contribution in [3.05, 3.63) is 60.0 Å². The maximum Gasteiger partial charge on any atom is 0.161 e. The number of anilines is 2. The molecule has 0 aliphatic carbocycles. The second kappa shape index (κ2) is 8.40. The standard InChI is InChI=1S/C20H22N4O2/c1-3-16-13-19(24-20(23-16)15-6-8-21-9-7-15)22-17-4-5-18(14(2)12-17)26-11-10-25/h4-9,12-13,25H,3,10-11H2,1-2H3,(H,22,23,24). The smallest absolute Gasteiger partial charge is 0.161 e. The molecule has 0 unspecified atom stereocenters. The van der Waals surface area contributed by atoms with E-state index in [4.69, 9.17) is 9.84 Å². The summed E-state index contributed by atoms with van der Waals surface area (Å²) in [6, 6.07) is 11.6. The molecule has 0 amide bonds. The summed E-state index contributed by atoms with van der Waals surface area (Å²) < 4.78 is 5.50. The van der Waals surface area contributed by atoms with E-state index >= 15 is 0 Å². The SMILES string of the molecule is CCc1cc(Nc2ccc(OCCO)c(C)c2)nc(-c2ccncc2)n1. The van der Waals surface area contributed by atoms with Crippen molar-refractivity contribution in [2.24, 2.45) is 0 Å². The number of nitrogens with one attached hydrogen (secondary N) is 1. The van der Waals surface area contributed by atoms with E-state index < -0.39 is 0 Å². The van der Waals surface area contributed by atoms with Gasteiger partial charge in [0.1, 0.15) is 18.2 Å². The predicted molar refractivity (Wildman–Crippen MR) is 102 cm³/mol. The largest absolute Gasteiger partial charge is 0.491 e. The highest BCUT2D eigenvalue weighted by molar-refractivity contribution is 5.63. The molecule has 134 valence electrons. The van der Waals surface area contributed by atoms with Crippen LogP contribution in [0.15, 0.2) is 48.8 Å². The van der Waals surface area contributed by atoms with E-state index in [0.717, 1.165) is 40.5 Å². The van der Waals surface area contributed by atoms with Gasteiger partial charge in [-0.1, -0.05) is 6.92 Å². The van der Waals surface area contributed by atoms with Crippen LogP contribution in [0.25, 0.3) is 11.4 Å². The van der Waals surface area contributed by atoms with Gasteiger partial charge in [0, 0.05) is 35.4 Å². The van der Waals surface area contributed by atoms with Crippen LogP contribution >= 0.6 is 0 Å². The van der Waals surface area contributed by atoms with E-state index in [1.54, 1.807) is 12.4 Å². The summed E-state index contributed by atoms with van der Waals surface area (Å²) in [4.78, 5) is 13.3. The summed E-state index contributed by atoms with van der Waals surface area (Å²) in [5, 5.41) is 12.2. The van der Waals surface area contributed by atoms with Crippen molar-refractivity contribution in [3.63, 3.8) is 0 Å². The zero-order valence-electron chi connectivity index (χ0n) is 14.9. The lowest BCUT2D eigenvalue weighted by atomic mass is 10.2. The van der Waals surface area contributed by atoms with Gasteiger partial charge in [-0.25, -0.2) is 9.97 Å². The number of aryl methyl sites for hydroxylation is 2. The molecule has 3 aromatic rings. The predicted octanol–water partition coefficient (Wildman–Crippen LogP) is 3.52. The quantitative estimate of drug-likeness (QED) is 0.679. The lowest BCUT2D eigenvalue weighted by Crippen LogP contribution is -2.04. The molecular weight excluding hydrogens is 328 g/mol. The number of aromatic nitrogens is 3. The molecule has 0 fully saturated rings. The Hall–Kier alpha value is -2.99. The van der Waals surface area contributed by atoms with E-state index in [1.165, 1.54) is 0 Å². The fourth-order valence-electron chi connectivity index (χ4n) is 2.57. The third-order valence-corrected chi connectivity index (χ3v) is 3.88. The molecule has 3 rings (SSSR count). The van der Waals surface area contributed by atoms with Crippen LogP contribution in [0.3, 0.4) is 0 Å². The maximum atomic E-state index is 8.88. The van der Waals surface area contributed by atoms with Gasteiger partial charge in [0.05, 0.1) is 6.61 Å². The van der Waals surface area contributed by atoms with Gasteiger partial charge in [0.15, 0.2) is 5.82 Å². The Kier molecular flexibility index (Phi) is 5.76. The monoisotopic (exact) mass is 350 g/mol. The average Bonchev–Trinajstić information content (AvgIpc) is 2.68. The summed E-state index contributed by atoms with van der Waals surface area (Å²) in [7, 11) is 0. The zero-order valence-corrected chi connectivity index (χ0v) is 14.9. The van der Waals surface area contributed by atoms with Crippen LogP contribution < -0.4 is 10.1 Å². The number of benzene rings is 1. The molecule has 0 aliphatic rings. The Bertz CT molecular complexity index is 869. The van der Waals surface area contributed by atoms with Crippen molar-refractivity contribution in [2.75, 3.05) is 18.5 Å². The van der Waals surface area contributed by atoms with Gasteiger partial charge in [-0.15, -0.1) is 0 Å². The highest BCUT2D eigenvalue weighted by atomic mass is 16.5. The van der Waals surface area contributed by atoms with Crippen LogP contribution in [0.1, 0.15) is 18.2 Å². The number of ether oxygens (including phenoxy) is 1. The second-order valence-corrected chi connectivity index (χ2v) is 5.83. The number of rotatable bonds is 7. The molecule has 0 radical (unpaired) electrons. The number of hydrogen-bond acceptors (Lipinski definition) is 6. The Morgan fingerprint density at radius 3 is 2.58 bits per heavy atom. The summed E-state index contributed by atoms with van der Waals surface area (Å²) in [6.45, 7) is 4.32. The summed E-state index contributed by atoms with van der Waals surface area (Å²) in [6.07, 6.45) is 4.29. The van der Waals surface area contributed by atoms with Gasteiger partial charge >= 0.3 is 0 Å². The van der Waals surface area contributed by atoms with Crippen LogP contribution in [-0.4, -0.2) is 33.3 Å². The molecule has 0 saturated carbocycles. The first-order valence-corrected chi connectivity index (χ1v) is 8.59. The Labute approximate surface area is 152 Å². The van der Waals surface area contributed by atoms with Crippen molar-refractivity contribution in [3.8, 4) is 17.1 Å². The maximum absolute atomic E-state index is 8.88. The highest BCUT2D eigenvalue weighted by Gasteiger charge is 2.08. The molecule has 0 saturated heterocycles. The van der Waals surface area contributed by atoms with Crippen molar-refractivity contribution in [1.29, 1.82) is 0 Å². The Morgan fingerprint density at radius 2 is 1.88 bits per heavy atom. The minimum Gasteiger partial charge on any atom is -0.491 e. The molecule has 6 nitrogen and oxygen atoms in total. The first-order chi connectivity index (χ1) is 12.7. The van der Waals surface area contributed by atoms with Gasteiger partial charge in [-0.2, -0.15) is 0 Å². The summed E-state index contributed by atoms with van der Waals surface area (Å²) >= 11 is 0. The first kappa shape index (κ1) is 17.8. The van der Waals surface area contributed by atoms with E-state index in [-0.39, 0.29) is 13.2 Å². The van der Waals surface area contributed by atoms with Gasteiger partial charge in [0.25, 0.3) is 0 Å². The number of aliphatic hydroxyl groups is 1. The Balaban J connectivity index is 1.86. The van der Waals surface area contributed by atoms with Crippen LogP contribution in [0.5, 0.6) is 5.75 Å². The molecule has 2 aromatic heterocycles. The summed E-state index contributed by atoms with van der Waals surface area (Å²) in [5.74, 6) is 2.18. The van der Waals surface area contributed by atoms with Crippen LogP contribution in [0.4, 0.5) is 11.5 Å². The van der Waals surface area contributed by atoms with E-state index in [9.17, 15) is 0 Å². The lowest BCUT2D eigenvalue weighted by Gasteiger charge is -2.12. The molecule has 0 aliphatic heterocycles. The van der Waals surface area contributed by atoms with Crippen LogP contribution in [0, 0.1) is 6.92 Å². The van der Waals surface area contributed by atoms with Gasteiger partial charge in [-0.3, -0.25) is 4.98 Å². The van der Waals surface area contributed by atoms with Gasteiger partial charge < -0.3 is 15.2 Å². The minimum absolute atomic E-state index is 0.00203. The van der Waals surface area contributed by atoms with Crippen LogP contribution in [-0.2, 0) is 6.42 Å². The lowest BCUT2D eigenvalue weighted by molar-refractivity contribution is 0.200. The Morgan fingerprint density at radius 1 is 1.08 bits per heavy atom. The highest BCUT2D eigenvalue weighted by Crippen LogP contribution is 2.25. The summed E-state index contributed by atoms with van der Waals surface area (Å²) in [5.41, 5.74) is 3.80. The van der Waals surface area contributed by atoms with E-state index in [0.29, 0.717) is 5.82 Å². The van der Waals surface area contributed by atoms with Crippen LogP contribution in [0.2, 0.25) is 0 Å². The molecule has 1 aromatic carbocycles. The first-order valence-electron chi connectivity index (χ1n) is 8.59. The van der Waals surface area contributed by atoms with Crippen molar-refractivity contribution in [1.82, 2.24) is 15.0 Å². The molecule has 0 atom stereocenters. The number of nitrogens with zero attached hydrogens (tertiary/aromatic N) is 3. The van der Waals surface area contributed by atoms with Crippen molar-refractivity contribution in [2.45, 2.75) is 20.3 Å². The third-order valence-electron chi connectivity index (χ3n) is 3.88. The molecule has 0 bridgehead atoms. The van der Waals surface area contributed by atoms with Crippen molar-refractivity contribution < 1.29 is 9.84 Å². The zero-order chi connectivity index (χ0) is 18.4. The van der Waals surface area contributed by atoms with Gasteiger partial charge in [-0.05, 0) is 49.2 Å². The van der Waals surface area contributed by atoms with Crippen molar-refractivity contribution >= 4 is 11.5 Å². The van der Waals surface area contributed by atoms with E-state index in [1.807, 2.05) is 43.3 Å². The molecular formula is C20H22N4O2. The fourth-order valence-corrected chi connectivity index (χ4v) is 2.57. The molecule has 0 spiro atoms. The molecule has 2 N–H and O–H groups in total. The number of pyridine rings is 1. The third kappa shape index (κ3) is 4.34. The number of aliphatic hydroxyl groups excluding tert-OH is 1. The molecule has 6 heteroatoms. The second-order valence-electron chi connectivity index (χ2n) is 5.83. The van der Waals surface area contributed by atoms with E-state index in [2.05, 4.69) is 27.2 Å². The minimum atomic E-state index is -0.00203. The topological polar surface area (TPSA) is 80.2 Å².